The first-order valence-corrected chi connectivity index (χ1v) is 6.55. The molecule has 0 heterocycles. The smallest absolute Gasteiger partial charge is 0.122 e. The molecule has 2 atom stereocenters. The summed E-state index contributed by atoms with van der Waals surface area (Å²) in [5, 5.41) is 13.4. The summed E-state index contributed by atoms with van der Waals surface area (Å²) in [5.41, 5.74) is 1.93. The molecule has 1 aromatic carbocycles. The van der Waals surface area contributed by atoms with Crippen molar-refractivity contribution in [1.82, 2.24) is 5.32 Å². The van der Waals surface area contributed by atoms with Gasteiger partial charge in [-0.25, -0.2) is 0 Å². The van der Waals surface area contributed by atoms with Gasteiger partial charge in [-0.1, -0.05) is 38.5 Å². The largest absolute Gasteiger partial charge is 0.507 e. The van der Waals surface area contributed by atoms with Crippen LogP contribution in [0.3, 0.4) is 0 Å². The quantitative estimate of drug-likeness (QED) is 0.789. The SMILES string of the molecule is CCC(C)CC(C)NCc1cccc(C)c1O. The van der Waals surface area contributed by atoms with Gasteiger partial charge in [0.15, 0.2) is 0 Å². The van der Waals surface area contributed by atoms with Gasteiger partial charge in [-0.05, 0) is 31.7 Å². The summed E-state index contributed by atoms with van der Waals surface area (Å²) in [6.45, 7) is 9.39. The van der Waals surface area contributed by atoms with Crippen LogP contribution < -0.4 is 5.32 Å². The number of phenolic OH excluding ortho intramolecular Hbond substituents is 1. The minimum atomic E-state index is 0.427. The highest BCUT2D eigenvalue weighted by molar-refractivity contribution is 5.39. The van der Waals surface area contributed by atoms with Crippen LogP contribution >= 0.6 is 0 Å². The van der Waals surface area contributed by atoms with Gasteiger partial charge in [-0.2, -0.15) is 0 Å². The fourth-order valence-corrected chi connectivity index (χ4v) is 2.00. The van der Waals surface area contributed by atoms with E-state index >= 15 is 0 Å². The Bertz CT molecular complexity index is 349. The first-order valence-electron chi connectivity index (χ1n) is 6.55. The summed E-state index contributed by atoms with van der Waals surface area (Å²) in [7, 11) is 0. The number of benzene rings is 1. The number of aryl methyl sites for hydroxylation is 1. The molecule has 0 aliphatic rings. The van der Waals surface area contributed by atoms with Gasteiger partial charge in [0.1, 0.15) is 5.75 Å². The van der Waals surface area contributed by atoms with Crippen LogP contribution in [0.25, 0.3) is 0 Å². The first-order chi connectivity index (χ1) is 8.04. The molecule has 17 heavy (non-hydrogen) atoms. The van der Waals surface area contributed by atoms with Gasteiger partial charge < -0.3 is 10.4 Å². The Kier molecular flexibility index (Phi) is 5.49. The summed E-state index contributed by atoms with van der Waals surface area (Å²) in [5.74, 6) is 1.18. The number of para-hydroxylation sites is 1. The zero-order chi connectivity index (χ0) is 12.8. The lowest BCUT2D eigenvalue weighted by Crippen LogP contribution is -2.27. The molecule has 1 rings (SSSR count). The van der Waals surface area contributed by atoms with E-state index in [1.165, 1.54) is 12.8 Å². The molecule has 0 bridgehead atoms. The van der Waals surface area contributed by atoms with Crippen LogP contribution in [-0.2, 0) is 6.54 Å². The molecule has 2 nitrogen and oxygen atoms in total. The van der Waals surface area contributed by atoms with Crippen LogP contribution in [0.15, 0.2) is 18.2 Å². The maximum absolute atomic E-state index is 9.90. The Morgan fingerprint density at radius 3 is 2.65 bits per heavy atom. The van der Waals surface area contributed by atoms with Crippen LogP contribution in [-0.4, -0.2) is 11.1 Å². The molecule has 0 amide bonds. The second-order valence-corrected chi connectivity index (χ2v) is 5.11. The minimum absolute atomic E-state index is 0.427. The number of hydrogen-bond acceptors (Lipinski definition) is 2. The molecule has 0 saturated carbocycles. The van der Waals surface area contributed by atoms with E-state index in [2.05, 4.69) is 26.1 Å². The van der Waals surface area contributed by atoms with E-state index < -0.39 is 0 Å². The van der Waals surface area contributed by atoms with Gasteiger partial charge in [0.25, 0.3) is 0 Å². The third-order valence-electron chi connectivity index (χ3n) is 3.42. The summed E-state index contributed by atoms with van der Waals surface area (Å²) >= 11 is 0. The average molecular weight is 235 g/mol. The Labute approximate surface area is 105 Å². The zero-order valence-corrected chi connectivity index (χ0v) is 11.5. The van der Waals surface area contributed by atoms with Gasteiger partial charge in [0.05, 0.1) is 0 Å². The van der Waals surface area contributed by atoms with E-state index in [0.717, 1.165) is 23.6 Å². The number of rotatable bonds is 6. The monoisotopic (exact) mass is 235 g/mol. The van der Waals surface area contributed by atoms with E-state index in [1.807, 2.05) is 25.1 Å². The Balaban J connectivity index is 2.47. The third-order valence-corrected chi connectivity index (χ3v) is 3.42. The topological polar surface area (TPSA) is 32.3 Å². The van der Waals surface area contributed by atoms with Crippen LogP contribution in [0.2, 0.25) is 0 Å². The molecule has 0 aromatic heterocycles. The maximum Gasteiger partial charge on any atom is 0.122 e. The second-order valence-electron chi connectivity index (χ2n) is 5.11. The van der Waals surface area contributed by atoms with Crippen molar-refractivity contribution < 1.29 is 5.11 Å². The van der Waals surface area contributed by atoms with Crippen molar-refractivity contribution in [3.05, 3.63) is 29.3 Å². The number of hydrogen-bond donors (Lipinski definition) is 2. The minimum Gasteiger partial charge on any atom is -0.507 e. The van der Waals surface area contributed by atoms with E-state index in [4.69, 9.17) is 0 Å². The molecule has 2 N–H and O–H groups in total. The molecular weight excluding hydrogens is 210 g/mol. The van der Waals surface area contributed by atoms with Crippen molar-refractivity contribution in [3.8, 4) is 5.75 Å². The van der Waals surface area contributed by atoms with Crippen LogP contribution in [0.5, 0.6) is 5.75 Å². The Morgan fingerprint density at radius 1 is 1.29 bits per heavy atom. The van der Waals surface area contributed by atoms with Crippen molar-refractivity contribution in [2.75, 3.05) is 0 Å². The molecule has 0 radical (unpaired) electrons. The van der Waals surface area contributed by atoms with Gasteiger partial charge in [0.2, 0.25) is 0 Å². The summed E-state index contributed by atoms with van der Waals surface area (Å²) in [6.07, 6.45) is 2.41. The molecule has 0 spiro atoms. The van der Waals surface area contributed by atoms with Gasteiger partial charge in [-0.15, -0.1) is 0 Å². The van der Waals surface area contributed by atoms with Crippen molar-refractivity contribution in [2.24, 2.45) is 5.92 Å². The van der Waals surface area contributed by atoms with Gasteiger partial charge in [0, 0.05) is 18.2 Å². The van der Waals surface area contributed by atoms with Crippen LogP contribution in [0.1, 0.15) is 44.7 Å². The first kappa shape index (κ1) is 14.0. The average Bonchev–Trinajstić information content (AvgIpc) is 2.31. The molecule has 0 aliphatic carbocycles. The molecule has 0 saturated heterocycles. The maximum atomic E-state index is 9.90. The van der Waals surface area contributed by atoms with E-state index in [9.17, 15) is 5.11 Å². The Hall–Kier alpha value is -1.02. The van der Waals surface area contributed by atoms with Crippen LogP contribution in [0, 0.1) is 12.8 Å². The summed E-state index contributed by atoms with van der Waals surface area (Å²) < 4.78 is 0. The van der Waals surface area contributed by atoms with Crippen molar-refractivity contribution in [1.29, 1.82) is 0 Å². The van der Waals surface area contributed by atoms with Gasteiger partial charge in [-0.3, -0.25) is 0 Å². The van der Waals surface area contributed by atoms with E-state index in [0.29, 0.717) is 11.8 Å². The summed E-state index contributed by atoms with van der Waals surface area (Å²) in [6, 6.07) is 6.39. The third kappa shape index (κ3) is 4.39. The predicted octanol–water partition coefficient (Wildman–Crippen LogP) is 3.61. The molecule has 1 aromatic rings. The molecular formula is C15H25NO. The fourth-order valence-electron chi connectivity index (χ4n) is 2.00. The van der Waals surface area contributed by atoms with Crippen molar-refractivity contribution in [3.63, 3.8) is 0 Å². The summed E-state index contributed by atoms with van der Waals surface area (Å²) in [4.78, 5) is 0. The number of aromatic hydroxyl groups is 1. The second kappa shape index (κ2) is 6.65. The number of nitrogens with one attached hydrogen (secondary N) is 1. The van der Waals surface area contributed by atoms with Gasteiger partial charge >= 0.3 is 0 Å². The lowest BCUT2D eigenvalue weighted by molar-refractivity contribution is 0.405. The normalized spacial score (nSPS) is 14.6. The van der Waals surface area contributed by atoms with E-state index in [1.54, 1.807) is 0 Å². The lowest BCUT2D eigenvalue weighted by Gasteiger charge is -2.18. The molecule has 2 heteroatoms. The molecule has 2 unspecified atom stereocenters. The predicted molar refractivity (Wildman–Crippen MR) is 73.2 cm³/mol. The Morgan fingerprint density at radius 2 is 2.00 bits per heavy atom. The standard InChI is InChI=1S/C15H25NO/c1-5-11(2)9-13(4)16-10-14-8-6-7-12(3)15(14)17/h6-8,11,13,16-17H,5,9-10H2,1-4H3. The lowest BCUT2D eigenvalue weighted by atomic mass is 10.00. The molecule has 0 aliphatic heterocycles. The highest BCUT2D eigenvalue weighted by Crippen LogP contribution is 2.21. The van der Waals surface area contributed by atoms with Crippen molar-refractivity contribution >= 4 is 0 Å². The molecule has 96 valence electrons. The fraction of sp³-hybridized carbons (Fsp3) is 0.600. The zero-order valence-electron chi connectivity index (χ0n) is 11.5. The van der Waals surface area contributed by atoms with E-state index in [-0.39, 0.29) is 0 Å². The number of phenols is 1. The van der Waals surface area contributed by atoms with Crippen LogP contribution in [0.4, 0.5) is 0 Å². The molecule has 0 fully saturated rings. The van der Waals surface area contributed by atoms with Crippen molar-refractivity contribution in [2.45, 2.75) is 53.1 Å². The highest BCUT2D eigenvalue weighted by atomic mass is 16.3. The highest BCUT2D eigenvalue weighted by Gasteiger charge is 2.08.